The molecule has 0 spiro atoms. The molecule has 1 aromatic heterocycles. The third-order valence-electron chi connectivity index (χ3n) is 1.99. The van der Waals surface area contributed by atoms with E-state index in [9.17, 15) is 0 Å². The van der Waals surface area contributed by atoms with E-state index in [0.717, 1.165) is 6.42 Å². The Labute approximate surface area is 60.3 Å². The van der Waals surface area contributed by atoms with Crippen LogP contribution in [0, 0.1) is 0 Å². The van der Waals surface area contributed by atoms with E-state index in [0.29, 0.717) is 0 Å². The van der Waals surface area contributed by atoms with Crippen molar-refractivity contribution in [1.82, 2.24) is 9.97 Å². The summed E-state index contributed by atoms with van der Waals surface area (Å²) < 4.78 is 0. The van der Waals surface area contributed by atoms with Crippen LogP contribution in [0.15, 0.2) is 12.5 Å². The first-order valence-corrected chi connectivity index (χ1v) is 3.74. The largest absolute Gasteiger partial charge is 0.245 e. The Morgan fingerprint density at radius 2 is 2.10 bits per heavy atom. The first-order chi connectivity index (χ1) is 4.97. The van der Waals surface area contributed by atoms with Gasteiger partial charge in [0.05, 0.1) is 0 Å². The molecule has 1 aliphatic carbocycles. The van der Waals surface area contributed by atoms with Crippen molar-refractivity contribution in [1.29, 1.82) is 0 Å². The van der Waals surface area contributed by atoms with Crippen LogP contribution in [0.25, 0.3) is 0 Å². The van der Waals surface area contributed by atoms with Crippen molar-refractivity contribution >= 4 is 0 Å². The molecule has 0 saturated heterocycles. The molecule has 1 heterocycles. The summed E-state index contributed by atoms with van der Waals surface area (Å²) in [6.45, 7) is 0. The highest BCUT2D eigenvalue weighted by molar-refractivity contribution is 5.18. The molecule has 52 valence electrons. The minimum atomic E-state index is 1.15. The van der Waals surface area contributed by atoms with E-state index in [1.807, 2.05) is 6.20 Å². The van der Waals surface area contributed by atoms with Crippen molar-refractivity contribution in [2.75, 3.05) is 0 Å². The van der Waals surface area contributed by atoms with Crippen LogP contribution in [0.2, 0.25) is 0 Å². The maximum Gasteiger partial charge on any atom is 0.115 e. The summed E-state index contributed by atoms with van der Waals surface area (Å²) in [5.41, 5.74) is 2.62. The van der Waals surface area contributed by atoms with Crippen molar-refractivity contribution < 1.29 is 0 Å². The fourth-order valence-electron chi connectivity index (χ4n) is 1.43. The number of nitrogens with zero attached hydrogens (tertiary/aromatic N) is 2. The fraction of sp³-hybridized carbons (Fsp3) is 0.500. The van der Waals surface area contributed by atoms with Gasteiger partial charge in [-0.05, 0) is 31.2 Å². The Kier molecular flexibility index (Phi) is 1.38. The van der Waals surface area contributed by atoms with Gasteiger partial charge in [-0.1, -0.05) is 0 Å². The summed E-state index contributed by atoms with van der Waals surface area (Å²) in [5, 5.41) is 0. The molecule has 2 rings (SSSR count). The molecule has 2 heteroatoms. The molecule has 1 aromatic rings. The lowest BCUT2D eigenvalue weighted by Gasteiger charge is -2.11. The van der Waals surface area contributed by atoms with Crippen molar-refractivity contribution in [3.63, 3.8) is 0 Å². The van der Waals surface area contributed by atoms with Gasteiger partial charge >= 0.3 is 0 Å². The minimum absolute atomic E-state index is 1.15. The number of hydrogen-bond acceptors (Lipinski definition) is 2. The van der Waals surface area contributed by atoms with Gasteiger partial charge in [-0.25, -0.2) is 9.97 Å². The molecule has 0 atom stereocenters. The van der Waals surface area contributed by atoms with Gasteiger partial charge in [-0.15, -0.1) is 0 Å². The smallest absolute Gasteiger partial charge is 0.115 e. The van der Waals surface area contributed by atoms with Gasteiger partial charge < -0.3 is 0 Å². The molecule has 0 N–H and O–H groups in total. The predicted molar refractivity (Wildman–Crippen MR) is 38.7 cm³/mol. The Hall–Kier alpha value is -0.920. The molecule has 0 unspecified atom stereocenters. The molecule has 0 aromatic carbocycles. The molecule has 0 aliphatic heterocycles. The molecule has 0 fully saturated rings. The van der Waals surface area contributed by atoms with Crippen LogP contribution < -0.4 is 0 Å². The van der Waals surface area contributed by atoms with Crippen molar-refractivity contribution in [2.45, 2.75) is 25.7 Å². The minimum Gasteiger partial charge on any atom is -0.245 e. The Balaban J connectivity index is 2.41. The zero-order valence-electron chi connectivity index (χ0n) is 5.88. The van der Waals surface area contributed by atoms with Gasteiger partial charge in [-0.2, -0.15) is 0 Å². The second-order valence-corrected chi connectivity index (χ2v) is 2.70. The fourth-order valence-corrected chi connectivity index (χ4v) is 1.43. The normalized spacial score (nSPS) is 16.4. The van der Waals surface area contributed by atoms with Crippen LogP contribution >= 0.6 is 0 Å². The number of fused-ring (bicyclic) bond motifs is 1. The maximum atomic E-state index is 4.21. The van der Waals surface area contributed by atoms with E-state index < -0.39 is 0 Å². The highest BCUT2D eigenvalue weighted by Gasteiger charge is 2.08. The van der Waals surface area contributed by atoms with Crippen LogP contribution in [0.1, 0.15) is 24.1 Å². The lowest BCUT2D eigenvalue weighted by atomic mass is 9.98. The Morgan fingerprint density at radius 3 is 3.00 bits per heavy atom. The molecule has 0 bridgehead atoms. The second-order valence-electron chi connectivity index (χ2n) is 2.70. The molecule has 1 aliphatic rings. The average Bonchev–Trinajstić information content (AvgIpc) is 2.05. The Bertz CT molecular complexity index is 207. The Morgan fingerprint density at radius 1 is 1.20 bits per heavy atom. The van der Waals surface area contributed by atoms with Crippen LogP contribution in [-0.2, 0) is 12.8 Å². The molecular formula is C8H10N2. The summed E-state index contributed by atoms with van der Waals surface area (Å²) in [5.74, 6) is 0. The van der Waals surface area contributed by atoms with Crippen molar-refractivity contribution in [3.8, 4) is 0 Å². The number of rotatable bonds is 0. The van der Waals surface area contributed by atoms with Crippen molar-refractivity contribution in [3.05, 3.63) is 23.8 Å². The van der Waals surface area contributed by atoms with Crippen LogP contribution in [0.3, 0.4) is 0 Å². The number of hydrogen-bond donors (Lipinski definition) is 0. The summed E-state index contributed by atoms with van der Waals surface area (Å²) in [6, 6.07) is 0. The quantitative estimate of drug-likeness (QED) is 0.535. The van der Waals surface area contributed by atoms with Crippen LogP contribution in [0.4, 0.5) is 0 Å². The maximum absolute atomic E-state index is 4.21. The summed E-state index contributed by atoms with van der Waals surface area (Å²) in [4.78, 5) is 8.20. The monoisotopic (exact) mass is 134 g/mol. The van der Waals surface area contributed by atoms with Gasteiger partial charge in [0.2, 0.25) is 0 Å². The lowest BCUT2D eigenvalue weighted by Crippen LogP contribution is -2.04. The number of aryl methyl sites for hydroxylation is 2. The molecule has 2 nitrogen and oxygen atoms in total. The van der Waals surface area contributed by atoms with Gasteiger partial charge in [-0.3, -0.25) is 0 Å². The predicted octanol–water partition coefficient (Wildman–Crippen LogP) is 1.36. The number of aromatic nitrogens is 2. The second kappa shape index (κ2) is 2.37. The van der Waals surface area contributed by atoms with Crippen LogP contribution in [0.5, 0.6) is 0 Å². The van der Waals surface area contributed by atoms with Gasteiger partial charge in [0.15, 0.2) is 0 Å². The first kappa shape index (κ1) is 5.83. The first-order valence-electron chi connectivity index (χ1n) is 3.74. The molecule has 0 radical (unpaired) electrons. The van der Waals surface area contributed by atoms with Gasteiger partial charge in [0, 0.05) is 11.9 Å². The van der Waals surface area contributed by atoms with Crippen LogP contribution in [-0.4, -0.2) is 9.97 Å². The summed E-state index contributed by atoms with van der Waals surface area (Å²) in [7, 11) is 0. The lowest BCUT2D eigenvalue weighted by molar-refractivity contribution is 0.662. The van der Waals surface area contributed by atoms with Crippen molar-refractivity contribution in [2.24, 2.45) is 0 Å². The van der Waals surface area contributed by atoms with E-state index in [4.69, 9.17) is 0 Å². The van der Waals surface area contributed by atoms with E-state index >= 15 is 0 Å². The van der Waals surface area contributed by atoms with E-state index in [-0.39, 0.29) is 0 Å². The third-order valence-corrected chi connectivity index (χ3v) is 1.99. The zero-order valence-corrected chi connectivity index (χ0v) is 5.88. The molecule has 10 heavy (non-hydrogen) atoms. The van der Waals surface area contributed by atoms with E-state index in [2.05, 4.69) is 9.97 Å². The standard InChI is InChI=1S/C8H10N2/c1-2-4-8-7(3-1)5-9-6-10-8/h5-6H,1-4H2. The molecule has 0 saturated carbocycles. The topological polar surface area (TPSA) is 25.8 Å². The highest BCUT2D eigenvalue weighted by Crippen LogP contribution is 2.16. The van der Waals surface area contributed by atoms with E-state index in [1.54, 1.807) is 6.33 Å². The molecular weight excluding hydrogens is 124 g/mol. The van der Waals surface area contributed by atoms with Gasteiger partial charge in [0.25, 0.3) is 0 Å². The SMILES string of the molecule is c1ncc2c(n1)CCCC2. The average molecular weight is 134 g/mol. The van der Waals surface area contributed by atoms with Gasteiger partial charge in [0.1, 0.15) is 6.33 Å². The highest BCUT2D eigenvalue weighted by atomic mass is 14.8. The van der Waals surface area contributed by atoms with E-state index in [1.165, 1.54) is 30.5 Å². The summed E-state index contributed by atoms with van der Waals surface area (Å²) in [6.07, 6.45) is 8.52. The summed E-state index contributed by atoms with van der Waals surface area (Å²) >= 11 is 0. The third kappa shape index (κ3) is 0.897. The zero-order chi connectivity index (χ0) is 6.81. The molecule has 0 amide bonds.